The van der Waals surface area contributed by atoms with Gasteiger partial charge in [-0.25, -0.2) is 4.79 Å². The van der Waals surface area contributed by atoms with E-state index in [4.69, 9.17) is 5.11 Å². The average molecular weight is 299 g/mol. The Hall–Kier alpha value is -2.12. The van der Waals surface area contributed by atoms with Crippen molar-refractivity contribution in [2.75, 3.05) is 13.1 Å². The molecule has 1 heterocycles. The number of aliphatic carboxylic acids is 1. The third kappa shape index (κ3) is 3.71. The van der Waals surface area contributed by atoms with Crippen molar-refractivity contribution in [3.05, 3.63) is 0 Å². The van der Waals surface area contributed by atoms with Crippen molar-refractivity contribution in [3.8, 4) is 0 Å². The fourth-order valence-corrected chi connectivity index (χ4v) is 2.04. The minimum atomic E-state index is -1.14. The topological polar surface area (TPSA) is 107 Å². The first-order valence-corrected chi connectivity index (χ1v) is 6.75. The van der Waals surface area contributed by atoms with Crippen molar-refractivity contribution in [1.82, 2.24) is 15.1 Å². The van der Waals surface area contributed by atoms with Gasteiger partial charge in [0.05, 0.1) is 0 Å². The second-order valence-corrected chi connectivity index (χ2v) is 5.62. The lowest BCUT2D eigenvalue weighted by Gasteiger charge is -2.28. The molecule has 1 rings (SSSR count). The Labute approximate surface area is 123 Å². The molecule has 1 fully saturated rings. The molecule has 2 N–H and O–H groups in total. The van der Waals surface area contributed by atoms with Crippen LogP contribution in [0.15, 0.2) is 0 Å². The van der Waals surface area contributed by atoms with Gasteiger partial charge in [-0.15, -0.1) is 0 Å². The number of nitrogens with one attached hydrogen (secondary N) is 1. The van der Waals surface area contributed by atoms with Gasteiger partial charge < -0.3 is 15.3 Å². The van der Waals surface area contributed by atoms with Crippen LogP contribution < -0.4 is 5.32 Å². The van der Waals surface area contributed by atoms with Gasteiger partial charge in [0.25, 0.3) is 5.91 Å². The molecule has 118 valence electrons. The van der Waals surface area contributed by atoms with E-state index in [9.17, 15) is 19.2 Å². The van der Waals surface area contributed by atoms with E-state index in [1.807, 2.05) is 6.92 Å². The molecule has 1 saturated heterocycles. The van der Waals surface area contributed by atoms with Crippen molar-refractivity contribution in [2.45, 2.75) is 45.7 Å². The summed E-state index contributed by atoms with van der Waals surface area (Å²) in [4.78, 5) is 48.8. The molecule has 8 nitrogen and oxygen atoms in total. The molecular weight excluding hydrogens is 278 g/mol. The zero-order chi connectivity index (χ0) is 16.4. The Morgan fingerprint density at radius 1 is 1.38 bits per heavy atom. The summed E-state index contributed by atoms with van der Waals surface area (Å²) in [5.41, 5.74) is -1.05. The number of rotatable bonds is 6. The lowest BCUT2D eigenvalue weighted by Crippen LogP contribution is -2.48. The standard InChI is InChI=1S/C13H21N3O5/c1-5-8(2)15(7-10(18)19)9(17)6-16-11(20)13(3,4)14-12(16)21/h8H,5-7H2,1-4H3,(H,14,21)(H,18,19). The lowest BCUT2D eigenvalue weighted by atomic mass is 10.1. The summed E-state index contributed by atoms with van der Waals surface area (Å²) in [7, 11) is 0. The SMILES string of the molecule is CCC(C)N(CC(=O)O)C(=O)CN1C(=O)NC(C)(C)C1=O. The van der Waals surface area contributed by atoms with Crippen LogP contribution in [0.4, 0.5) is 4.79 Å². The Kier molecular flexibility index (Phi) is 4.93. The number of urea groups is 1. The monoisotopic (exact) mass is 299 g/mol. The Balaban J connectivity index is 2.84. The van der Waals surface area contributed by atoms with E-state index in [2.05, 4.69) is 5.32 Å². The summed E-state index contributed by atoms with van der Waals surface area (Å²) in [5, 5.41) is 11.3. The molecule has 4 amide bonds. The summed E-state index contributed by atoms with van der Waals surface area (Å²) >= 11 is 0. The Morgan fingerprint density at radius 3 is 2.33 bits per heavy atom. The van der Waals surface area contributed by atoms with Gasteiger partial charge in [-0.2, -0.15) is 0 Å². The number of carboxylic acid groups (broad SMARTS) is 1. The van der Waals surface area contributed by atoms with Crippen LogP contribution in [0.3, 0.4) is 0 Å². The molecular formula is C13H21N3O5. The van der Waals surface area contributed by atoms with E-state index in [1.54, 1.807) is 20.8 Å². The van der Waals surface area contributed by atoms with Crippen LogP contribution >= 0.6 is 0 Å². The summed E-state index contributed by atoms with van der Waals surface area (Å²) in [5.74, 6) is -2.20. The quantitative estimate of drug-likeness (QED) is 0.673. The van der Waals surface area contributed by atoms with Crippen LogP contribution in [0.2, 0.25) is 0 Å². The van der Waals surface area contributed by atoms with Crippen LogP contribution in [0.25, 0.3) is 0 Å². The maximum Gasteiger partial charge on any atom is 0.325 e. The second-order valence-electron chi connectivity index (χ2n) is 5.62. The molecule has 21 heavy (non-hydrogen) atoms. The highest BCUT2D eigenvalue weighted by atomic mass is 16.4. The number of imide groups is 1. The number of hydrogen-bond donors (Lipinski definition) is 2. The fraction of sp³-hybridized carbons (Fsp3) is 0.692. The highest BCUT2D eigenvalue weighted by Gasteiger charge is 2.45. The fourth-order valence-electron chi connectivity index (χ4n) is 2.04. The number of hydrogen-bond acceptors (Lipinski definition) is 4. The van der Waals surface area contributed by atoms with Crippen molar-refractivity contribution in [1.29, 1.82) is 0 Å². The summed E-state index contributed by atoms with van der Waals surface area (Å²) in [6, 6.07) is -0.930. The van der Waals surface area contributed by atoms with E-state index >= 15 is 0 Å². The predicted molar refractivity (Wildman–Crippen MR) is 73.4 cm³/mol. The first-order valence-electron chi connectivity index (χ1n) is 6.75. The van der Waals surface area contributed by atoms with E-state index in [-0.39, 0.29) is 6.04 Å². The van der Waals surface area contributed by atoms with Gasteiger partial charge in [0, 0.05) is 6.04 Å². The zero-order valence-electron chi connectivity index (χ0n) is 12.7. The number of carbonyl (C=O) groups is 4. The number of carboxylic acids is 1. The zero-order valence-corrected chi connectivity index (χ0v) is 12.7. The van der Waals surface area contributed by atoms with Crippen LogP contribution in [-0.4, -0.2) is 63.4 Å². The molecule has 1 atom stereocenters. The van der Waals surface area contributed by atoms with Crippen molar-refractivity contribution in [3.63, 3.8) is 0 Å². The van der Waals surface area contributed by atoms with E-state index in [1.165, 1.54) is 0 Å². The van der Waals surface area contributed by atoms with E-state index < -0.39 is 42.4 Å². The average Bonchev–Trinajstić information content (AvgIpc) is 2.57. The molecule has 1 aliphatic heterocycles. The second kappa shape index (κ2) is 6.11. The third-order valence-corrected chi connectivity index (χ3v) is 3.49. The third-order valence-electron chi connectivity index (χ3n) is 3.49. The van der Waals surface area contributed by atoms with Gasteiger partial charge in [0.1, 0.15) is 18.6 Å². The predicted octanol–water partition coefficient (Wildman–Crippen LogP) is 0.0285. The maximum absolute atomic E-state index is 12.2. The number of carbonyl (C=O) groups excluding carboxylic acids is 3. The largest absolute Gasteiger partial charge is 0.480 e. The molecule has 0 aromatic heterocycles. The van der Waals surface area contributed by atoms with E-state index in [0.717, 1.165) is 9.80 Å². The van der Waals surface area contributed by atoms with Crippen LogP contribution in [0.1, 0.15) is 34.1 Å². The van der Waals surface area contributed by atoms with Gasteiger partial charge >= 0.3 is 12.0 Å². The molecule has 8 heteroatoms. The highest BCUT2D eigenvalue weighted by molar-refractivity contribution is 6.08. The molecule has 1 aliphatic rings. The Morgan fingerprint density at radius 2 is 1.95 bits per heavy atom. The highest BCUT2D eigenvalue weighted by Crippen LogP contribution is 2.17. The van der Waals surface area contributed by atoms with Crippen LogP contribution in [-0.2, 0) is 14.4 Å². The van der Waals surface area contributed by atoms with E-state index in [0.29, 0.717) is 6.42 Å². The van der Waals surface area contributed by atoms with Gasteiger partial charge in [-0.1, -0.05) is 6.92 Å². The molecule has 0 spiro atoms. The minimum Gasteiger partial charge on any atom is -0.480 e. The molecule has 0 aromatic carbocycles. The van der Waals surface area contributed by atoms with Gasteiger partial charge in [0.2, 0.25) is 5.91 Å². The van der Waals surface area contributed by atoms with Gasteiger partial charge in [0.15, 0.2) is 0 Å². The smallest absolute Gasteiger partial charge is 0.325 e. The lowest BCUT2D eigenvalue weighted by molar-refractivity contribution is -0.147. The molecule has 0 radical (unpaired) electrons. The Bertz CT molecular complexity index is 474. The molecule has 0 saturated carbocycles. The first-order chi connectivity index (χ1) is 9.60. The number of amides is 4. The first kappa shape index (κ1) is 16.9. The van der Waals surface area contributed by atoms with Crippen LogP contribution in [0.5, 0.6) is 0 Å². The molecule has 1 unspecified atom stereocenters. The molecule has 0 aromatic rings. The molecule has 0 aliphatic carbocycles. The minimum absolute atomic E-state index is 0.289. The van der Waals surface area contributed by atoms with Crippen LogP contribution in [0, 0.1) is 0 Å². The number of nitrogens with zero attached hydrogens (tertiary/aromatic N) is 2. The normalized spacial score (nSPS) is 18.4. The van der Waals surface area contributed by atoms with Gasteiger partial charge in [-0.05, 0) is 27.2 Å². The van der Waals surface area contributed by atoms with Crippen molar-refractivity contribution >= 4 is 23.8 Å². The maximum atomic E-state index is 12.2. The summed E-state index contributed by atoms with van der Waals surface area (Å²) in [6.45, 7) is 5.72. The van der Waals surface area contributed by atoms with Gasteiger partial charge in [-0.3, -0.25) is 19.3 Å². The molecule has 0 bridgehead atoms. The van der Waals surface area contributed by atoms with Crippen molar-refractivity contribution < 1.29 is 24.3 Å². The van der Waals surface area contributed by atoms with Crippen molar-refractivity contribution in [2.24, 2.45) is 0 Å². The summed E-state index contributed by atoms with van der Waals surface area (Å²) < 4.78 is 0. The summed E-state index contributed by atoms with van der Waals surface area (Å²) in [6.07, 6.45) is 0.574.